The van der Waals surface area contributed by atoms with Crippen LogP contribution in [-0.4, -0.2) is 25.0 Å². The van der Waals surface area contributed by atoms with Gasteiger partial charge < -0.3 is 10.2 Å². The normalized spacial score (nSPS) is 24.9. The molecule has 2 heterocycles. The second kappa shape index (κ2) is 3.97. The Morgan fingerprint density at radius 2 is 2.00 bits per heavy atom. The minimum Gasteiger partial charge on any atom is -0.317 e. The molecule has 1 aromatic rings. The lowest BCUT2D eigenvalue weighted by atomic mass is 9.98. The van der Waals surface area contributed by atoms with Crippen molar-refractivity contribution in [2.24, 2.45) is 0 Å². The molecule has 19 heavy (non-hydrogen) atoms. The number of fused-ring (bicyclic) bond motifs is 2. The summed E-state index contributed by atoms with van der Waals surface area (Å²) < 4.78 is 0. The predicted octanol–water partition coefficient (Wildman–Crippen LogP) is 2.47. The van der Waals surface area contributed by atoms with Gasteiger partial charge in [0, 0.05) is 16.8 Å². The molecule has 0 aromatic heterocycles. The van der Waals surface area contributed by atoms with Gasteiger partial charge in [0.25, 0.3) is 0 Å². The van der Waals surface area contributed by atoms with Crippen molar-refractivity contribution < 1.29 is 4.79 Å². The lowest BCUT2D eigenvalue weighted by molar-refractivity contribution is -0.120. The number of anilines is 1. The van der Waals surface area contributed by atoms with Gasteiger partial charge in [-0.15, -0.1) is 0 Å². The van der Waals surface area contributed by atoms with Crippen LogP contribution >= 0.6 is 11.6 Å². The van der Waals surface area contributed by atoms with Gasteiger partial charge in [0.05, 0.1) is 5.41 Å². The summed E-state index contributed by atoms with van der Waals surface area (Å²) in [5, 5.41) is 4.10. The summed E-state index contributed by atoms with van der Waals surface area (Å²) in [5.74, 6) is 0.316. The van der Waals surface area contributed by atoms with Crippen molar-refractivity contribution in [1.82, 2.24) is 5.32 Å². The standard InChI is InChI=1S/C15H17ClN2O/c16-10-1-2-13-12(9-10)15(5-6-15)14(19)18(13)11-3-7-17-8-4-11/h1-2,9,11,17H,3-8H2. The van der Waals surface area contributed by atoms with Gasteiger partial charge in [-0.05, 0) is 62.5 Å². The highest BCUT2D eigenvalue weighted by Crippen LogP contribution is 2.58. The first-order valence-electron chi connectivity index (χ1n) is 7.07. The summed E-state index contributed by atoms with van der Waals surface area (Å²) in [6, 6.07) is 6.30. The molecule has 0 radical (unpaired) electrons. The zero-order chi connectivity index (χ0) is 13.0. The Morgan fingerprint density at radius 3 is 2.68 bits per heavy atom. The lowest BCUT2D eigenvalue weighted by Crippen LogP contribution is -2.46. The van der Waals surface area contributed by atoms with Crippen molar-refractivity contribution in [3.05, 3.63) is 28.8 Å². The maximum Gasteiger partial charge on any atom is 0.237 e. The Bertz CT molecular complexity index is 547. The van der Waals surface area contributed by atoms with Crippen LogP contribution in [0.4, 0.5) is 5.69 Å². The lowest BCUT2D eigenvalue weighted by Gasteiger charge is -2.32. The zero-order valence-electron chi connectivity index (χ0n) is 10.8. The number of benzene rings is 1. The highest BCUT2D eigenvalue weighted by Gasteiger charge is 2.60. The molecule has 1 amide bonds. The molecule has 3 aliphatic rings. The summed E-state index contributed by atoms with van der Waals surface area (Å²) >= 11 is 6.12. The number of carbonyl (C=O) groups is 1. The molecular weight excluding hydrogens is 260 g/mol. The molecule has 1 aromatic carbocycles. The number of piperidine rings is 1. The Kier molecular flexibility index (Phi) is 2.45. The number of amides is 1. The van der Waals surface area contributed by atoms with E-state index in [1.54, 1.807) is 0 Å². The smallest absolute Gasteiger partial charge is 0.237 e. The molecule has 3 nitrogen and oxygen atoms in total. The fourth-order valence-electron chi connectivity index (χ4n) is 3.59. The maximum atomic E-state index is 12.8. The van der Waals surface area contributed by atoms with Crippen LogP contribution in [0.2, 0.25) is 5.02 Å². The summed E-state index contributed by atoms with van der Waals surface area (Å²) in [6.07, 6.45) is 4.06. The average molecular weight is 277 g/mol. The molecule has 4 heteroatoms. The number of rotatable bonds is 1. The van der Waals surface area contributed by atoms with Gasteiger partial charge in [0.1, 0.15) is 0 Å². The number of hydrogen-bond donors (Lipinski definition) is 1. The molecular formula is C15H17ClN2O. The van der Waals surface area contributed by atoms with Crippen molar-refractivity contribution in [2.75, 3.05) is 18.0 Å². The quantitative estimate of drug-likeness (QED) is 0.855. The fraction of sp³-hybridized carbons (Fsp3) is 0.533. The van der Waals surface area contributed by atoms with E-state index in [1.807, 2.05) is 18.2 Å². The number of nitrogens with zero attached hydrogens (tertiary/aromatic N) is 1. The van der Waals surface area contributed by atoms with E-state index in [-0.39, 0.29) is 5.41 Å². The molecule has 4 rings (SSSR count). The minimum atomic E-state index is -0.217. The monoisotopic (exact) mass is 276 g/mol. The molecule has 1 aliphatic carbocycles. The van der Waals surface area contributed by atoms with Crippen LogP contribution < -0.4 is 10.2 Å². The van der Waals surface area contributed by atoms with E-state index >= 15 is 0 Å². The third kappa shape index (κ3) is 1.58. The Hall–Kier alpha value is -1.06. The molecule has 100 valence electrons. The second-order valence-electron chi connectivity index (χ2n) is 5.90. The van der Waals surface area contributed by atoms with Crippen LogP contribution in [0.1, 0.15) is 31.2 Å². The van der Waals surface area contributed by atoms with Gasteiger partial charge in [0.2, 0.25) is 5.91 Å². The second-order valence-corrected chi connectivity index (χ2v) is 6.34. The fourth-order valence-corrected chi connectivity index (χ4v) is 3.76. The summed E-state index contributed by atoms with van der Waals surface area (Å²) in [4.78, 5) is 14.9. The number of halogens is 1. The van der Waals surface area contributed by atoms with E-state index in [0.717, 1.165) is 49.5 Å². The van der Waals surface area contributed by atoms with Crippen molar-refractivity contribution >= 4 is 23.2 Å². The van der Waals surface area contributed by atoms with E-state index in [4.69, 9.17) is 11.6 Å². The van der Waals surface area contributed by atoms with Crippen LogP contribution in [0.15, 0.2) is 18.2 Å². The van der Waals surface area contributed by atoms with Gasteiger partial charge in [0.15, 0.2) is 0 Å². The van der Waals surface area contributed by atoms with Crippen LogP contribution in [-0.2, 0) is 10.2 Å². The average Bonchev–Trinajstić information content (AvgIpc) is 3.19. The molecule has 0 atom stereocenters. The van der Waals surface area contributed by atoms with Crippen LogP contribution in [0.5, 0.6) is 0 Å². The van der Waals surface area contributed by atoms with Gasteiger partial charge in [-0.3, -0.25) is 4.79 Å². The van der Waals surface area contributed by atoms with Gasteiger partial charge in [-0.25, -0.2) is 0 Å². The molecule has 2 aliphatic heterocycles. The molecule has 1 N–H and O–H groups in total. The van der Waals surface area contributed by atoms with Crippen molar-refractivity contribution in [3.8, 4) is 0 Å². The molecule has 1 saturated carbocycles. The summed E-state index contributed by atoms with van der Waals surface area (Å²) in [6.45, 7) is 2.01. The minimum absolute atomic E-state index is 0.217. The van der Waals surface area contributed by atoms with Gasteiger partial charge in [-0.2, -0.15) is 0 Å². The highest BCUT2D eigenvalue weighted by atomic mass is 35.5. The van der Waals surface area contributed by atoms with E-state index < -0.39 is 0 Å². The summed E-state index contributed by atoms with van der Waals surface area (Å²) in [7, 11) is 0. The molecule has 0 unspecified atom stereocenters. The number of hydrogen-bond acceptors (Lipinski definition) is 2. The van der Waals surface area contributed by atoms with Crippen LogP contribution in [0.25, 0.3) is 0 Å². The Labute approximate surface area is 117 Å². The topological polar surface area (TPSA) is 32.3 Å². The molecule has 0 bridgehead atoms. The zero-order valence-corrected chi connectivity index (χ0v) is 11.5. The van der Waals surface area contributed by atoms with Crippen LogP contribution in [0.3, 0.4) is 0 Å². The van der Waals surface area contributed by atoms with Crippen molar-refractivity contribution in [2.45, 2.75) is 37.1 Å². The van der Waals surface area contributed by atoms with Crippen molar-refractivity contribution in [1.29, 1.82) is 0 Å². The van der Waals surface area contributed by atoms with E-state index in [0.29, 0.717) is 11.9 Å². The third-order valence-corrected chi connectivity index (χ3v) is 5.02. The molecule has 1 spiro atoms. The van der Waals surface area contributed by atoms with Gasteiger partial charge in [-0.1, -0.05) is 11.6 Å². The first-order valence-corrected chi connectivity index (χ1v) is 7.45. The van der Waals surface area contributed by atoms with E-state index in [1.165, 1.54) is 5.56 Å². The largest absolute Gasteiger partial charge is 0.317 e. The van der Waals surface area contributed by atoms with Crippen LogP contribution in [0, 0.1) is 0 Å². The third-order valence-electron chi connectivity index (χ3n) is 4.79. The molecule has 2 fully saturated rings. The maximum absolute atomic E-state index is 12.8. The Balaban J connectivity index is 1.79. The van der Waals surface area contributed by atoms with E-state index in [2.05, 4.69) is 10.2 Å². The Morgan fingerprint density at radius 1 is 1.26 bits per heavy atom. The predicted molar refractivity (Wildman–Crippen MR) is 75.7 cm³/mol. The number of carbonyl (C=O) groups excluding carboxylic acids is 1. The van der Waals surface area contributed by atoms with Crippen molar-refractivity contribution in [3.63, 3.8) is 0 Å². The SMILES string of the molecule is O=C1N(C2CCNCC2)c2ccc(Cl)cc2C12CC2. The summed E-state index contributed by atoms with van der Waals surface area (Å²) in [5.41, 5.74) is 2.06. The van der Waals surface area contributed by atoms with Gasteiger partial charge >= 0.3 is 0 Å². The number of nitrogens with one attached hydrogen (secondary N) is 1. The first kappa shape index (κ1) is 11.7. The highest BCUT2D eigenvalue weighted by molar-refractivity contribution is 6.31. The van der Waals surface area contributed by atoms with E-state index in [9.17, 15) is 4.79 Å². The first-order chi connectivity index (χ1) is 9.22. The molecule has 1 saturated heterocycles.